The summed E-state index contributed by atoms with van der Waals surface area (Å²) in [5.41, 5.74) is 0.795. The Bertz CT molecular complexity index is 556. The second-order valence-corrected chi connectivity index (χ2v) is 7.63. The van der Waals surface area contributed by atoms with Crippen molar-refractivity contribution in [3.8, 4) is 0 Å². The molecule has 6 nitrogen and oxygen atoms in total. The largest absolute Gasteiger partial charge is 0.281 e. The Morgan fingerprint density at radius 3 is 2.45 bits per heavy atom. The maximum Gasteiger partial charge on any atom is 0.281 e. The van der Waals surface area contributed by atoms with E-state index in [1.165, 1.54) is 8.61 Å². The van der Waals surface area contributed by atoms with Gasteiger partial charge in [0.1, 0.15) is 5.15 Å². The topological polar surface area (TPSA) is 66.4 Å². The van der Waals surface area contributed by atoms with Gasteiger partial charge in [-0.15, -0.1) is 0 Å². The first-order valence-corrected chi connectivity index (χ1v) is 8.31. The Morgan fingerprint density at radius 2 is 1.90 bits per heavy atom. The summed E-state index contributed by atoms with van der Waals surface area (Å²) in [5.74, 6) is 0.401. The summed E-state index contributed by atoms with van der Waals surface area (Å²) in [6.07, 6.45) is 5.59. The summed E-state index contributed by atoms with van der Waals surface area (Å²) < 4.78 is 26.8. The van der Waals surface area contributed by atoms with Crippen molar-refractivity contribution in [2.24, 2.45) is 5.92 Å². The molecule has 0 spiro atoms. The molecule has 0 aromatic carbocycles. The van der Waals surface area contributed by atoms with Gasteiger partial charge in [-0.1, -0.05) is 11.6 Å². The summed E-state index contributed by atoms with van der Waals surface area (Å²) >= 11 is 6.00. The Hall–Kier alpha value is -0.760. The predicted octanol–water partition coefficient (Wildman–Crippen LogP) is 1.19. The molecule has 1 aliphatic rings. The highest BCUT2D eigenvalue weighted by Crippen LogP contribution is 2.25. The van der Waals surface area contributed by atoms with Gasteiger partial charge in [0, 0.05) is 39.6 Å². The van der Waals surface area contributed by atoms with Crippen LogP contribution in [0, 0.1) is 5.92 Å². The smallest absolute Gasteiger partial charge is 0.256 e. The normalized spacial score (nSPS) is 18.6. The van der Waals surface area contributed by atoms with Crippen LogP contribution in [-0.4, -0.2) is 54.2 Å². The molecule has 112 valence electrons. The van der Waals surface area contributed by atoms with E-state index < -0.39 is 10.2 Å². The second kappa shape index (κ2) is 6.34. The van der Waals surface area contributed by atoms with Gasteiger partial charge >= 0.3 is 0 Å². The molecule has 1 aromatic heterocycles. The van der Waals surface area contributed by atoms with Gasteiger partial charge in [0.25, 0.3) is 10.2 Å². The standard InChI is InChI=1S/C12H19ClN4O2S/c1-16(2)20(18,19)17-7-3-10(4-8-17)9-11-12(13)15-6-5-14-11/h5-6,10H,3-4,7-9H2,1-2H3. The van der Waals surface area contributed by atoms with Gasteiger partial charge in [0.05, 0.1) is 5.69 Å². The van der Waals surface area contributed by atoms with Gasteiger partial charge in [0.2, 0.25) is 0 Å². The summed E-state index contributed by atoms with van der Waals surface area (Å²) in [5, 5.41) is 0.441. The maximum absolute atomic E-state index is 12.0. The quantitative estimate of drug-likeness (QED) is 0.836. The average molecular weight is 319 g/mol. The number of aromatic nitrogens is 2. The number of halogens is 1. The molecule has 1 aliphatic heterocycles. The van der Waals surface area contributed by atoms with Gasteiger partial charge in [-0.05, 0) is 25.2 Å². The summed E-state index contributed by atoms with van der Waals surface area (Å²) in [6.45, 7) is 1.09. The van der Waals surface area contributed by atoms with Crippen LogP contribution in [0.15, 0.2) is 12.4 Å². The van der Waals surface area contributed by atoms with Crippen LogP contribution in [0.2, 0.25) is 5.15 Å². The second-order valence-electron chi connectivity index (χ2n) is 5.13. The van der Waals surface area contributed by atoms with E-state index in [2.05, 4.69) is 9.97 Å². The minimum atomic E-state index is -3.29. The van der Waals surface area contributed by atoms with Crippen molar-refractivity contribution in [3.05, 3.63) is 23.2 Å². The molecule has 0 atom stereocenters. The van der Waals surface area contributed by atoms with Crippen molar-refractivity contribution < 1.29 is 8.42 Å². The molecule has 8 heteroatoms. The van der Waals surface area contributed by atoms with Gasteiger partial charge in [-0.2, -0.15) is 17.0 Å². The Kier molecular flexibility index (Phi) is 4.95. The Morgan fingerprint density at radius 1 is 1.30 bits per heavy atom. The van der Waals surface area contributed by atoms with Crippen LogP contribution in [0.5, 0.6) is 0 Å². The lowest BCUT2D eigenvalue weighted by atomic mass is 9.93. The van der Waals surface area contributed by atoms with Crippen LogP contribution in [0.4, 0.5) is 0 Å². The van der Waals surface area contributed by atoms with E-state index in [1.54, 1.807) is 26.5 Å². The van der Waals surface area contributed by atoms with E-state index in [0.717, 1.165) is 25.0 Å². The van der Waals surface area contributed by atoms with Crippen molar-refractivity contribution in [2.75, 3.05) is 27.2 Å². The van der Waals surface area contributed by atoms with E-state index in [-0.39, 0.29) is 0 Å². The lowest BCUT2D eigenvalue weighted by molar-refractivity contribution is 0.261. The first-order valence-electron chi connectivity index (χ1n) is 6.54. The van der Waals surface area contributed by atoms with Crippen LogP contribution in [-0.2, 0) is 16.6 Å². The molecule has 1 fully saturated rings. The fourth-order valence-electron chi connectivity index (χ4n) is 2.34. The number of piperidine rings is 1. The third kappa shape index (κ3) is 3.46. The van der Waals surface area contributed by atoms with Crippen molar-refractivity contribution >= 4 is 21.8 Å². The van der Waals surface area contributed by atoms with E-state index in [9.17, 15) is 8.42 Å². The molecule has 20 heavy (non-hydrogen) atoms. The molecule has 2 heterocycles. The van der Waals surface area contributed by atoms with Crippen molar-refractivity contribution in [1.29, 1.82) is 0 Å². The zero-order valence-electron chi connectivity index (χ0n) is 11.7. The zero-order valence-corrected chi connectivity index (χ0v) is 13.2. The molecule has 0 saturated carbocycles. The van der Waals surface area contributed by atoms with E-state index >= 15 is 0 Å². The van der Waals surface area contributed by atoms with Crippen LogP contribution < -0.4 is 0 Å². The average Bonchev–Trinajstić information content (AvgIpc) is 2.42. The number of nitrogens with zero attached hydrogens (tertiary/aromatic N) is 4. The van der Waals surface area contributed by atoms with E-state index in [4.69, 9.17) is 11.6 Å². The number of hydrogen-bond donors (Lipinski definition) is 0. The van der Waals surface area contributed by atoms with Crippen molar-refractivity contribution in [1.82, 2.24) is 18.6 Å². The molecular weight excluding hydrogens is 300 g/mol. The van der Waals surface area contributed by atoms with Crippen LogP contribution in [0.1, 0.15) is 18.5 Å². The van der Waals surface area contributed by atoms with Gasteiger partial charge in [-0.25, -0.2) is 4.98 Å². The molecule has 2 rings (SSSR count). The number of hydrogen-bond acceptors (Lipinski definition) is 4. The molecule has 1 aromatic rings. The fourth-order valence-corrected chi connectivity index (χ4v) is 3.65. The lowest BCUT2D eigenvalue weighted by Gasteiger charge is -2.32. The third-order valence-electron chi connectivity index (χ3n) is 3.57. The van der Waals surface area contributed by atoms with Crippen molar-refractivity contribution in [2.45, 2.75) is 19.3 Å². The molecular formula is C12H19ClN4O2S. The van der Waals surface area contributed by atoms with E-state index in [1.807, 2.05) is 0 Å². The molecule has 0 amide bonds. The maximum atomic E-state index is 12.0. The predicted molar refractivity (Wildman–Crippen MR) is 77.6 cm³/mol. The molecule has 0 aliphatic carbocycles. The fraction of sp³-hybridized carbons (Fsp3) is 0.667. The Balaban J connectivity index is 1.94. The van der Waals surface area contributed by atoms with E-state index in [0.29, 0.717) is 24.2 Å². The highest BCUT2D eigenvalue weighted by Gasteiger charge is 2.29. The first-order chi connectivity index (χ1) is 9.41. The molecule has 0 unspecified atom stereocenters. The zero-order chi connectivity index (χ0) is 14.8. The number of rotatable bonds is 4. The molecule has 0 radical (unpaired) electrons. The minimum absolute atomic E-state index is 0.401. The highest BCUT2D eigenvalue weighted by atomic mass is 35.5. The minimum Gasteiger partial charge on any atom is -0.256 e. The van der Waals surface area contributed by atoms with Crippen LogP contribution in [0.3, 0.4) is 0 Å². The summed E-state index contributed by atoms with van der Waals surface area (Å²) in [6, 6.07) is 0. The molecule has 0 bridgehead atoms. The SMILES string of the molecule is CN(C)S(=O)(=O)N1CCC(Cc2nccnc2Cl)CC1. The lowest BCUT2D eigenvalue weighted by Crippen LogP contribution is -2.44. The summed E-state index contributed by atoms with van der Waals surface area (Å²) in [4.78, 5) is 8.25. The van der Waals surface area contributed by atoms with Gasteiger partial charge in [0.15, 0.2) is 0 Å². The third-order valence-corrected chi connectivity index (χ3v) is 5.82. The van der Waals surface area contributed by atoms with Crippen molar-refractivity contribution in [3.63, 3.8) is 0 Å². The van der Waals surface area contributed by atoms with Crippen LogP contribution >= 0.6 is 11.6 Å². The first kappa shape index (κ1) is 15.6. The monoisotopic (exact) mass is 318 g/mol. The van der Waals surface area contributed by atoms with Gasteiger partial charge in [-0.3, -0.25) is 4.98 Å². The summed E-state index contributed by atoms with van der Waals surface area (Å²) in [7, 11) is -0.179. The highest BCUT2D eigenvalue weighted by molar-refractivity contribution is 7.86. The van der Waals surface area contributed by atoms with Gasteiger partial charge < -0.3 is 0 Å². The van der Waals surface area contributed by atoms with Crippen LogP contribution in [0.25, 0.3) is 0 Å². The molecule has 1 saturated heterocycles. The molecule has 0 N–H and O–H groups in total. The Labute approximate surface area is 125 Å².